The topological polar surface area (TPSA) is 66.4 Å². The van der Waals surface area contributed by atoms with Crippen LogP contribution in [0.15, 0.2) is 36.4 Å². The van der Waals surface area contributed by atoms with E-state index < -0.39 is 5.97 Å². The van der Waals surface area contributed by atoms with Crippen molar-refractivity contribution >= 4 is 23.2 Å². The Bertz CT molecular complexity index is 648. The van der Waals surface area contributed by atoms with Crippen molar-refractivity contribution in [2.24, 2.45) is 0 Å². The molecule has 1 heterocycles. The molecular weight excluding hydrogens is 286 g/mol. The first-order valence-electron chi connectivity index (χ1n) is 6.69. The second kappa shape index (κ2) is 7.04. The number of carboxylic acids is 1. The second-order valence-corrected chi connectivity index (χ2v) is 6.17. The summed E-state index contributed by atoms with van der Waals surface area (Å²) in [7, 11) is 0. The molecule has 21 heavy (non-hydrogen) atoms. The summed E-state index contributed by atoms with van der Waals surface area (Å²) in [5.41, 5.74) is 1.18. The fourth-order valence-corrected chi connectivity index (χ4v) is 2.90. The number of hydrogen-bond acceptors (Lipinski definition) is 3. The van der Waals surface area contributed by atoms with Gasteiger partial charge < -0.3 is 10.4 Å². The summed E-state index contributed by atoms with van der Waals surface area (Å²) in [5, 5.41) is 11.8. The third-order valence-corrected chi connectivity index (χ3v) is 4.04. The van der Waals surface area contributed by atoms with Gasteiger partial charge in [-0.25, -0.2) is 4.79 Å². The van der Waals surface area contributed by atoms with Crippen molar-refractivity contribution in [1.82, 2.24) is 5.32 Å². The van der Waals surface area contributed by atoms with Crippen LogP contribution in [0, 0.1) is 6.92 Å². The van der Waals surface area contributed by atoms with E-state index in [1.165, 1.54) is 4.88 Å². The molecule has 4 nitrogen and oxygen atoms in total. The Balaban J connectivity index is 1.80. The van der Waals surface area contributed by atoms with Crippen molar-refractivity contribution < 1.29 is 14.7 Å². The van der Waals surface area contributed by atoms with E-state index in [1.807, 2.05) is 25.1 Å². The Morgan fingerprint density at radius 1 is 1.24 bits per heavy atom. The van der Waals surface area contributed by atoms with Gasteiger partial charge in [-0.15, -0.1) is 11.3 Å². The lowest BCUT2D eigenvalue weighted by Gasteiger charge is -2.05. The Morgan fingerprint density at radius 2 is 2.05 bits per heavy atom. The second-order valence-electron chi connectivity index (χ2n) is 4.79. The van der Waals surface area contributed by atoms with Crippen molar-refractivity contribution in [3.63, 3.8) is 0 Å². The maximum absolute atomic E-state index is 11.8. The minimum Gasteiger partial charge on any atom is -0.478 e. The summed E-state index contributed by atoms with van der Waals surface area (Å²) in [6.45, 7) is 2.52. The zero-order valence-corrected chi connectivity index (χ0v) is 12.6. The number of thiophene rings is 1. The maximum atomic E-state index is 11.8. The average molecular weight is 303 g/mol. The number of nitrogens with one attached hydrogen (secondary N) is 1. The van der Waals surface area contributed by atoms with Crippen LogP contribution < -0.4 is 5.32 Å². The molecule has 0 atom stereocenters. The van der Waals surface area contributed by atoms with Crippen molar-refractivity contribution in [2.75, 3.05) is 6.54 Å². The summed E-state index contributed by atoms with van der Waals surface area (Å²) >= 11 is 1.62. The lowest BCUT2D eigenvalue weighted by atomic mass is 10.1. The van der Waals surface area contributed by atoms with Gasteiger partial charge >= 0.3 is 5.97 Å². The van der Waals surface area contributed by atoms with Crippen LogP contribution in [0.2, 0.25) is 0 Å². The molecule has 110 valence electrons. The lowest BCUT2D eigenvalue weighted by molar-refractivity contribution is -0.120. The van der Waals surface area contributed by atoms with Crippen LogP contribution in [0.1, 0.15) is 25.7 Å². The van der Waals surface area contributed by atoms with Crippen molar-refractivity contribution in [3.8, 4) is 0 Å². The van der Waals surface area contributed by atoms with Crippen LogP contribution >= 0.6 is 11.3 Å². The molecule has 0 radical (unpaired) electrons. The highest BCUT2D eigenvalue weighted by Gasteiger charge is 2.06. The Kier molecular flexibility index (Phi) is 5.11. The van der Waals surface area contributed by atoms with E-state index in [9.17, 15) is 9.59 Å². The molecule has 0 unspecified atom stereocenters. The largest absolute Gasteiger partial charge is 0.478 e. The molecule has 0 saturated heterocycles. The van der Waals surface area contributed by atoms with Crippen LogP contribution in [0.3, 0.4) is 0 Å². The molecule has 0 spiro atoms. The first-order valence-corrected chi connectivity index (χ1v) is 7.50. The summed E-state index contributed by atoms with van der Waals surface area (Å²) < 4.78 is 0. The standard InChI is InChI=1S/C16H17NO3S/c1-11-5-6-14(21-11)10-15(18)17-8-7-12-3-2-4-13(9-12)16(19)20/h2-6,9H,7-8,10H2,1H3,(H,17,18)(H,19,20). The van der Waals surface area contributed by atoms with Crippen molar-refractivity contribution in [1.29, 1.82) is 0 Å². The van der Waals surface area contributed by atoms with E-state index in [0.717, 1.165) is 10.4 Å². The maximum Gasteiger partial charge on any atom is 0.335 e. The van der Waals surface area contributed by atoms with E-state index >= 15 is 0 Å². The fraction of sp³-hybridized carbons (Fsp3) is 0.250. The summed E-state index contributed by atoms with van der Waals surface area (Å²) in [6, 6.07) is 10.7. The van der Waals surface area contributed by atoms with E-state index in [4.69, 9.17) is 5.11 Å². The molecule has 5 heteroatoms. The van der Waals surface area contributed by atoms with E-state index in [1.54, 1.807) is 29.5 Å². The Hall–Kier alpha value is -2.14. The number of aryl methyl sites for hydroxylation is 1. The molecule has 1 aromatic carbocycles. The highest BCUT2D eigenvalue weighted by molar-refractivity contribution is 7.12. The van der Waals surface area contributed by atoms with Gasteiger partial charge in [-0.2, -0.15) is 0 Å². The van der Waals surface area contributed by atoms with Crippen LogP contribution in [0.5, 0.6) is 0 Å². The minimum atomic E-state index is -0.936. The number of rotatable bonds is 6. The molecule has 0 saturated carbocycles. The van der Waals surface area contributed by atoms with Gasteiger partial charge in [0.1, 0.15) is 0 Å². The van der Waals surface area contributed by atoms with E-state index in [0.29, 0.717) is 19.4 Å². The molecule has 0 aliphatic heterocycles. The van der Waals surface area contributed by atoms with Gasteiger partial charge in [-0.05, 0) is 43.2 Å². The van der Waals surface area contributed by atoms with Gasteiger partial charge in [-0.1, -0.05) is 12.1 Å². The van der Waals surface area contributed by atoms with E-state index in [-0.39, 0.29) is 11.5 Å². The van der Waals surface area contributed by atoms with Crippen molar-refractivity contribution in [2.45, 2.75) is 19.8 Å². The summed E-state index contributed by atoms with van der Waals surface area (Å²) in [6.07, 6.45) is 1.02. The number of amides is 1. The van der Waals surface area contributed by atoms with Crippen LogP contribution in [-0.2, 0) is 17.6 Å². The molecule has 2 N–H and O–H groups in total. The number of benzene rings is 1. The Labute approximate surface area is 127 Å². The van der Waals surface area contributed by atoms with Crippen LogP contribution in [0.4, 0.5) is 0 Å². The zero-order chi connectivity index (χ0) is 15.2. The molecule has 2 aromatic rings. The predicted octanol–water partition coefficient (Wildman–Crippen LogP) is 2.66. The fourth-order valence-electron chi connectivity index (χ4n) is 2.01. The van der Waals surface area contributed by atoms with E-state index in [2.05, 4.69) is 5.32 Å². The predicted molar refractivity (Wildman–Crippen MR) is 82.9 cm³/mol. The zero-order valence-electron chi connectivity index (χ0n) is 11.8. The third kappa shape index (κ3) is 4.72. The number of carboxylic acid groups (broad SMARTS) is 1. The summed E-state index contributed by atoms with van der Waals surface area (Å²) in [5.74, 6) is -0.944. The summed E-state index contributed by atoms with van der Waals surface area (Å²) in [4.78, 5) is 24.9. The van der Waals surface area contributed by atoms with Gasteiger partial charge in [0.05, 0.1) is 12.0 Å². The first-order chi connectivity index (χ1) is 10.0. The molecule has 1 amide bonds. The quantitative estimate of drug-likeness (QED) is 0.862. The van der Waals surface area contributed by atoms with Crippen LogP contribution in [-0.4, -0.2) is 23.5 Å². The monoisotopic (exact) mass is 303 g/mol. The number of hydrogen-bond donors (Lipinski definition) is 2. The highest BCUT2D eigenvalue weighted by Crippen LogP contribution is 2.15. The van der Waals surface area contributed by atoms with Gasteiger partial charge in [-0.3, -0.25) is 4.79 Å². The molecule has 0 bridgehead atoms. The molecule has 0 aliphatic rings. The average Bonchev–Trinajstić information content (AvgIpc) is 2.84. The third-order valence-electron chi connectivity index (χ3n) is 3.04. The molecule has 1 aromatic heterocycles. The van der Waals surface area contributed by atoms with Gasteiger partial charge in [0, 0.05) is 16.3 Å². The van der Waals surface area contributed by atoms with Crippen molar-refractivity contribution in [3.05, 3.63) is 57.3 Å². The molecular formula is C16H17NO3S. The van der Waals surface area contributed by atoms with Gasteiger partial charge in [0.15, 0.2) is 0 Å². The Morgan fingerprint density at radius 3 is 2.71 bits per heavy atom. The lowest BCUT2D eigenvalue weighted by Crippen LogP contribution is -2.27. The molecule has 0 aliphatic carbocycles. The number of carbonyl (C=O) groups is 2. The van der Waals surface area contributed by atoms with Gasteiger partial charge in [0.25, 0.3) is 0 Å². The highest BCUT2D eigenvalue weighted by atomic mass is 32.1. The van der Waals surface area contributed by atoms with Gasteiger partial charge in [0.2, 0.25) is 5.91 Å². The minimum absolute atomic E-state index is 0.00811. The number of carbonyl (C=O) groups excluding carboxylic acids is 1. The number of aromatic carboxylic acids is 1. The molecule has 2 rings (SSSR count). The smallest absolute Gasteiger partial charge is 0.335 e. The van der Waals surface area contributed by atoms with Crippen LogP contribution in [0.25, 0.3) is 0 Å². The first kappa shape index (κ1) is 15.3. The molecule has 0 fully saturated rings. The SMILES string of the molecule is Cc1ccc(CC(=O)NCCc2cccc(C(=O)O)c2)s1. The normalized spacial score (nSPS) is 10.3.